The van der Waals surface area contributed by atoms with Crippen LogP contribution in [-0.2, 0) is 4.74 Å². The summed E-state index contributed by atoms with van der Waals surface area (Å²) < 4.78 is 50.6. The summed E-state index contributed by atoms with van der Waals surface area (Å²) in [6, 6.07) is 6.79. The average molecular weight is 491 g/mol. The summed E-state index contributed by atoms with van der Waals surface area (Å²) in [7, 11) is 0. The minimum absolute atomic E-state index is 0.276. The molecule has 0 spiro atoms. The van der Waals surface area contributed by atoms with Gasteiger partial charge >= 0.3 is 0 Å². The van der Waals surface area contributed by atoms with E-state index in [1.807, 2.05) is 11.0 Å². The summed E-state index contributed by atoms with van der Waals surface area (Å²) >= 11 is 0. The number of furan rings is 1. The van der Waals surface area contributed by atoms with Crippen molar-refractivity contribution < 1.29 is 22.3 Å². The summed E-state index contributed by atoms with van der Waals surface area (Å²) in [6.07, 6.45) is 0.960. The highest BCUT2D eigenvalue weighted by Crippen LogP contribution is 2.31. The maximum atomic E-state index is 14.8. The van der Waals surface area contributed by atoms with Gasteiger partial charge in [-0.3, -0.25) is 0 Å². The normalized spacial score (nSPS) is 17.5. The van der Waals surface area contributed by atoms with E-state index in [1.165, 1.54) is 6.07 Å². The second-order valence-corrected chi connectivity index (χ2v) is 8.88. The zero-order valence-corrected chi connectivity index (χ0v) is 19.4. The van der Waals surface area contributed by atoms with Gasteiger partial charge in [0.1, 0.15) is 11.3 Å². The molecular weight excluding hydrogens is 461 g/mol. The Balaban J connectivity index is 1.29. The molecule has 3 aromatic rings. The van der Waals surface area contributed by atoms with Gasteiger partial charge in [-0.25, -0.2) is 18.2 Å². The van der Waals surface area contributed by atoms with E-state index in [1.54, 1.807) is 18.4 Å². The van der Waals surface area contributed by atoms with Gasteiger partial charge in [-0.2, -0.15) is 4.98 Å². The van der Waals surface area contributed by atoms with E-state index < -0.39 is 6.43 Å². The van der Waals surface area contributed by atoms with Gasteiger partial charge in [-0.05, 0) is 43.5 Å². The van der Waals surface area contributed by atoms with Crippen LogP contribution in [0, 0.1) is 11.7 Å². The molecule has 2 N–H and O–H groups in total. The van der Waals surface area contributed by atoms with Gasteiger partial charge in [0.05, 0.1) is 31.7 Å². The van der Waals surface area contributed by atoms with E-state index in [0.29, 0.717) is 73.0 Å². The lowest BCUT2D eigenvalue weighted by molar-refractivity contribution is 0.122. The minimum Gasteiger partial charge on any atom is -0.459 e. The third-order valence-corrected chi connectivity index (χ3v) is 6.49. The Kier molecular flexibility index (Phi) is 7.24. The lowest BCUT2D eigenvalue weighted by Crippen LogP contribution is -2.38. The minimum atomic E-state index is -2.33. The SMILES string of the molecule is Fc1cc(Nc2nc(N3CCC(CNCC(F)F)CC3)c3occc3n2)ccc1N1CCOCC1. The van der Waals surface area contributed by atoms with Crippen molar-refractivity contribution in [1.82, 2.24) is 15.3 Å². The van der Waals surface area contributed by atoms with Crippen molar-refractivity contribution in [2.24, 2.45) is 5.92 Å². The average Bonchev–Trinajstić information content (AvgIpc) is 3.33. The number of anilines is 4. The number of rotatable bonds is 8. The van der Waals surface area contributed by atoms with Gasteiger partial charge in [0, 0.05) is 37.9 Å². The number of morpholine rings is 1. The summed E-state index contributed by atoms with van der Waals surface area (Å²) in [5.41, 5.74) is 2.36. The Labute approximate surface area is 201 Å². The molecule has 0 saturated carbocycles. The van der Waals surface area contributed by atoms with Crippen LogP contribution < -0.4 is 20.4 Å². The molecule has 1 aromatic carbocycles. The highest BCUT2D eigenvalue weighted by molar-refractivity contribution is 5.85. The van der Waals surface area contributed by atoms with Crippen molar-refractivity contribution in [3.63, 3.8) is 0 Å². The van der Waals surface area contributed by atoms with Crippen LogP contribution in [0.1, 0.15) is 12.8 Å². The van der Waals surface area contributed by atoms with E-state index in [0.717, 1.165) is 25.9 Å². The number of nitrogens with zero attached hydrogens (tertiary/aromatic N) is 4. The standard InChI is InChI=1S/C24H29F3N6O2/c25-18-13-17(1-2-20(18)32-8-11-34-12-9-32)29-24-30-19-5-10-35-22(19)23(31-24)33-6-3-16(4-7-33)14-28-15-21(26)27/h1-2,5,10,13,16,21,28H,3-4,6-9,11-12,14-15H2,(H,29,30,31). The first kappa shape index (κ1) is 23.7. The predicted octanol–water partition coefficient (Wildman–Crippen LogP) is 4.01. The van der Waals surface area contributed by atoms with Crippen molar-refractivity contribution in [3.8, 4) is 0 Å². The van der Waals surface area contributed by atoms with Crippen LogP contribution in [0.2, 0.25) is 0 Å². The topological polar surface area (TPSA) is 78.7 Å². The first-order valence-electron chi connectivity index (χ1n) is 11.9. The highest BCUT2D eigenvalue weighted by atomic mass is 19.3. The maximum Gasteiger partial charge on any atom is 0.250 e. The summed E-state index contributed by atoms with van der Waals surface area (Å²) in [6.45, 7) is 4.26. The first-order chi connectivity index (χ1) is 17.1. The largest absolute Gasteiger partial charge is 0.459 e. The number of aromatic nitrogens is 2. The molecule has 35 heavy (non-hydrogen) atoms. The van der Waals surface area contributed by atoms with Crippen molar-refractivity contribution in [2.45, 2.75) is 19.3 Å². The van der Waals surface area contributed by atoms with E-state index in [4.69, 9.17) is 14.1 Å². The Morgan fingerprint density at radius 3 is 2.57 bits per heavy atom. The van der Waals surface area contributed by atoms with Crippen LogP contribution in [0.15, 0.2) is 34.9 Å². The van der Waals surface area contributed by atoms with Crippen LogP contribution >= 0.6 is 0 Å². The Bertz CT molecular complexity index is 1130. The summed E-state index contributed by atoms with van der Waals surface area (Å²) in [4.78, 5) is 13.3. The molecule has 188 valence electrons. The number of fused-ring (bicyclic) bond motifs is 1. The van der Waals surface area contributed by atoms with Crippen molar-refractivity contribution in [1.29, 1.82) is 0 Å². The van der Waals surface area contributed by atoms with Crippen molar-refractivity contribution in [2.75, 3.05) is 67.6 Å². The quantitative estimate of drug-likeness (QED) is 0.491. The highest BCUT2D eigenvalue weighted by Gasteiger charge is 2.24. The van der Waals surface area contributed by atoms with E-state index in [2.05, 4.69) is 20.5 Å². The molecule has 0 amide bonds. The Morgan fingerprint density at radius 1 is 1.03 bits per heavy atom. The number of hydrogen-bond donors (Lipinski definition) is 2. The maximum absolute atomic E-state index is 14.8. The third-order valence-electron chi connectivity index (χ3n) is 6.49. The van der Waals surface area contributed by atoms with Crippen LogP contribution in [-0.4, -0.2) is 68.9 Å². The van der Waals surface area contributed by atoms with Crippen LogP contribution in [0.5, 0.6) is 0 Å². The molecule has 0 aliphatic carbocycles. The van der Waals surface area contributed by atoms with E-state index in [-0.39, 0.29) is 12.4 Å². The van der Waals surface area contributed by atoms with Gasteiger partial charge in [-0.1, -0.05) is 0 Å². The number of nitrogens with one attached hydrogen (secondary N) is 2. The molecule has 2 saturated heterocycles. The fourth-order valence-electron chi connectivity index (χ4n) is 4.64. The number of hydrogen-bond acceptors (Lipinski definition) is 8. The molecule has 4 heterocycles. The smallest absolute Gasteiger partial charge is 0.250 e. The molecule has 0 bridgehead atoms. The van der Waals surface area contributed by atoms with Gasteiger partial charge in [0.15, 0.2) is 11.4 Å². The summed E-state index contributed by atoms with van der Waals surface area (Å²) in [5, 5.41) is 5.97. The molecule has 0 unspecified atom stereocenters. The molecule has 0 atom stereocenters. The molecule has 11 heteroatoms. The number of halogens is 3. The monoisotopic (exact) mass is 490 g/mol. The van der Waals surface area contributed by atoms with Gasteiger partial charge < -0.3 is 29.6 Å². The summed E-state index contributed by atoms with van der Waals surface area (Å²) in [5.74, 6) is 1.05. The molecular formula is C24H29F3N6O2. The molecule has 2 aliphatic rings. The van der Waals surface area contributed by atoms with Crippen LogP contribution in [0.4, 0.5) is 36.3 Å². The van der Waals surface area contributed by atoms with E-state index >= 15 is 0 Å². The van der Waals surface area contributed by atoms with Gasteiger partial charge in [-0.15, -0.1) is 0 Å². The molecule has 8 nitrogen and oxygen atoms in total. The zero-order valence-electron chi connectivity index (χ0n) is 19.4. The lowest BCUT2D eigenvalue weighted by Gasteiger charge is -2.33. The van der Waals surface area contributed by atoms with Gasteiger partial charge in [0.25, 0.3) is 6.43 Å². The van der Waals surface area contributed by atoms with Crippen LogP contribution in [0.3, 0.4) is 0 Å². The number of alkyl halides is 2. The predicted molar refractivity (Wildman–Crippen MR) is 128 cm³/mol. The molecule has 2 aliphatic heterocycles. The Hall–Kier alpha value is -3.05. The molecule has 0 radical (unpaired) electrons. The number of piperidine rings is 1. The number of ether oxygens (including phenoxy) is 1. The number of benzene rings is 1. The van der Waals surface area contributed by atoms with Crippen molar-refractivity contribution in [3.05, 3.63) is 36.3 Å². The molecule has 5 rings (SSSR count). The van der Waals surface area contributed by atoms with Gasteiger partial charge in [0.2, 0.25) is 5.95 Å². The van der Waals surface area contributed by atoms with Crippen molar-refractivity contribution >= 4 is 34.2 Å². The first-order valence-corrected chi connectivity index (χ1v) is 11.9. The molecule has 2 fully saturated rings. The fraction of sp³-hybridized carbons (Fsp3) is 0.500. The van der Waals surface area contributed by atoms with E-state index in [9.17, 15) is 13.2 Å². The zero-order chi connectivity index (χ0) is 24.2. The second kappa shape index (κ2) is 10.7. The molecule has 2 aromatic heterocycles. The second-order valence-electron chi connectivity index (χ2n) is 8.88. The van der Waals surface area contributed by atoms with Crippen LogP contribution in [0.25, 0.3) is 11.1 Å². The lowest BCUT2D eigenvalue weighted by atomic mass is 9.97. The third kappa shape index (κ3) is 5.62. The Morgan fingerprint density at radius 2 is 1.83 bits per heavy atom. The fourth-order valence-corrected chi connectivity index (χ4v) is 4.64.